The van der Waals surface area contributed by atoms with Gasteiger partial charge in [-0.25, -0.2) is 4.79 Å². The second kappa shape index (κ2) is 4.72. The van der Waals surface area contributed by atoms with E-state index in [1.165, 1.54) is 12.0 Å². The number of ether oxygens (including phenoxy) is 1. The third-order valence-corrected chi connectivity index (χ3v) is 3.42. The Morgan fingerprint density at radius 2 is 2.06 bits per heavy atom. The molecular formula is C11H19NO4. The van der Waals surface area contributed by atoms with E-state index >= 15 is 0 Å². The number of carbonyl (C=O) groups is 2. The molecule has 1 atom stereocenters. The zero-order valence-electron chi connectivity index (χ0n) is 10.0. The summed E-state index contributed by atoms with van der Waals surface area (Å²) in [4.78, 5) is 23.9. The fourth-order valence-corrected chi connectivity index (χ4v) is 2.17. The molecule has 1 rings (SSSR count). The van der Waals surface area contributed by atoms with Crippen molar-refractivity contribution < 1.29 is 19.4 Å². The van der Waals surface area contributed by atoms with Gasteiger partial charge in [-0.1, -0.05) is 0 Å². The highest BCUT2D eigenvalue weighted by Gasteiger charge is 2.40. The maximum absolute atomic E-state index is 11.6. The highest BCUT2D eigenvalue weighted by atomic mass is 16.5. The van der Waals surface area contributed by atoms with Crippen LogP contribution in [0.1, 0.15) is 26.7 Å². The molecule has 0 aromatic rings. The highest BCUT2D eigenvalue weighted by Crippen LogP contribution is 2.34. The molecule has 1 heterocycles. The summed E-state index contributed by atoms with van der Waals surface area (Å²) in [6.45, 7) is 4.60. The molecule has 5 heteroatoms. The lowest BCUT2D eigenvalue weighted by Gasteiger charge is -2.38. The number of hydrogen-bond donors (Lipinski definition) is 1. The molecule has 1 aliphatic heterocycles. The Hall–Kier alpha value is -1.26. The molecule has 1 saturated heterocycles. The number of methoxy groups -OCH3 is 1. The molecule has 1 fully saturated rings. The number of nitrogens with zero attached hydrogens (tertiary/aromatic N) is 1. The molecule has 0 aliphatic carbocycles. The van der Waals surface area contributed by atoms with Crippen molar-refractivity contribution in [1.29, 1.82) is 0 Å². The fraction of sp³-hybridized carbons (Fsp3) is 0.818. The molecule has 92 valence electrons. The third-order valence-electron chi connectivity index (χ3n) is 3.42. The minimum Gasteiger partial charge on any atom is -0.469 e. The summed E-state index contributed by atoms with van der Waals surface area (Å²) in [5, 5.41) is 8.93. The number of hydrogen-bond acceptors (Lipinski definition) is 3. The van der Waals surface area contributed by atoms with Gasteiger partial charge in [0.1, 0.15) is 0 Å². The molecule has 1 N–H and O–H groups in total. The van der Waals surface area contributed by atoms with Crippen LogP contribution in [-0.4, -0.2) is 42.3 Å². The van der Waals surface area contributed by atoms with Crippen LogP contribution in [0.25, 0.3) is 0 Å². The van der Waals surface area contributed by atoms with E-state index in [4.69, 9.17) is 9.84 Å². The number of piperidine rings is 1. The van der Waals surface area contributed by atoms with Gasteiger partial charge >= 0.3 is 12.1 Å². The van der Waals surface area contributed by atoms with Crippen molar-refractivity contribution in [3.05, 3.63) is 0 Å². The van der Waals surface area contributed by atoms with Crippen LogP contribution in [0.2, 0.25) is 0 Å². The van der Waals surface area contributed by atoms with E-state index in [2.05, 4.69) is 0 Å². The molecule has 1 aliphatic rings. The predicted octanol–water partition coefficient (Wildman–Crippen LogP) is 1.58. The van der Waals surface area contributed by atoms with Gasteiger partial charge in [0.25, 0.3) is 0 Å². The second-order valence-electron chi connectivity index (χ2n) is 4.78. The average molecular weight is 229 g/mol. The Morgan fingerprint density at radius 1 is 1.44 bits per heavy atom. The van der Waals surface area contributed by atoms with Crippen LogP contribution >= 0.6 is 0 Å². The maximum Gasteiger partial charge on any atom is 0.407 e. The van der Waals surface area contributed by atoms with E-state index in [-0.39, 0.29) is 11.9 Å². The van der Waals surface area contributed by atoms with E-state index in [1.807, 2.05) is 13.8 Å². The first-order chi connectivity index (χ1) is 7.39. The number of amides is 1. The maximum atomic E-state index is 11.6. The van der Waals surface area contributed by atoms with Gasteiger partial charge in [-0.15, -0.1) is 0 Å². The molecule has 0 saturated carbocycles. The largest absolute Gasteiger partial charge is 0.469 e. The summed E-state index contributed by atoms with van der Waals surface area (Å²) in [5.74, 6) is -0.241. The van der Waals surface area contributed by atoms with E-state index in [0.29, 0.717) is 13.1 Å². The van der Waals surface area contributed by atoms with Crippen molar-refractivity contribution in [1.82, 2.24) is 4.90 Å². The summed E-state index contributed by atoms with van der Waals surface area (Å²) >= 11 is 0. The number of rotatable bonds is 2. The number of carboxylic acid groups (broad SMARTS) is 1. The third kappa shape index (κ3) is 2.46. The van der Waals surface area contributed by atoms with E-state index in [9.17, 15) is 9.59 Å². The average Bonchev–Trinajstić information content (AvgIpc) is 2.28. The first-order valence-corrected chi connectivity index (χ1v) is 5.46. The quantitative estimate of drug-likeness (QED) is 0.730. The lowest BCUT2D eigenvalue weighted by atomic mass is 9.74. The fourth-order valence-electron chi connectivity index (χ4n) is 2.17. The summed E-state index contributed by atoms with van der Waals surface area (Å²) in [7, 11) is 1.36. The van der Waals surface area contributed by atoms with Gasteiger partial charge in [-0.2, -0.15) is 0 Å². The topological polar surface area (TPSA) is 66.8 Å². The number of likely N-dealkylation sites (tertiary alicyclic amines) is 1. The Kier molecular flexibility index (Phi) is 3.78. The van der Waals surface area contributed by atoms with Crippen LogP contribution in [0.3, 0.4) is 0 Å². The van der Waals surface area contributed by atoms with Crippen LogP contribution < -0.4 is 0 Å². The van der Waals surface area contributed by atoms with E-state index < -0.39 is 11.5 Å². The number of esters is 1. The van der Waals surface area contributed by atoms with Gasteiger partial charge in [-0.05, 0) is 32.6 Å². The highest BCUT2D eigenvalue weighted by molar-refractivity contribution is 5.76. The van der Waals surface area contributed by atoms with Crippen molar-refractivity contribution in [3.8, 4) is 0 Å². The van der Waals surface area contributed by atoms with Crippen LogP contribution in [0.4, 0.5) is 4.79 Å². The van der Waals surface area contributed by atoms with Crippen molar-refractivity contribution >= 4 is 12.1 Å². The summed E-state index contributed by atoms with van der Waals surface area (Å²) in [5.41, 5.74) is -0.622. The molecule has 0 spiro atoms. The summed E-state index contributed by atoms with van der Waals surface area (Å²) in [6, 6.07) is 0. The van der Waals surface area contributed by atoms with E-state index in [0.717, 1.165) is 12.8 Å². The molecule has 0 unspecified atom stereocenters. The minimum atomic E-state index is -0.912. The zero-order valence-corrected chi connectivity index (χ0v) is 10.0. The normalized spacial score (nSPS) is 21.7. The standard InChI is InChI=1S/C11H19NO4/c1-11(2,9(13)16-3)8-5-4-6-12(7-8)10(14)15/h8H,4-7H2,1-3H3,(H,14,15)/t8-/m0/s1. The zero-order chi connectivity index (χ0) is 12.3. The Bertz CT molecular complexity index is 288. The van der Waals surface area contributed by atoms with Crippen molar-refractivity contribution in [2.45, 2.75) is 26.7 Å². The van der Waals surface area contributed by atoms with Crippen molar-refractivity contribution in [3.63, 3.8) is 0 Å². The first-order valence-electron chi connectivity index (χ1n) is 5.46. The van der Waals surface area contributed by atoms with Gasteiger partial charge < -0.3 is 14.7 Å². The molecule has 0 bridgehead atoms. The van der Waals surface area contributed by atoms with Gasteiger partial charge in [0.2, 0.25) is 0 Å². The van der Waals surface area contributed by atoms with Crippen LogP contribution in [0, 0.1) is 11.3 Å². The van der Waals surface area contributed by atoms with E-state index in [1.54, 1.807) is 0 Å². The SMILES string of the molecule is COC(=O)C(C)(C)[C@H]1CCCN(C(=O)O)C1. The molecule has 5 nitrogen and oxygen atoms in total. The summed E-state index contributed by atoms with van der Waals surface area (Å²) < 4.78 is 4.76. The number of carbonyl (C=O) groups excluding carboxylic acids is 1. The molecule has 1 amide bonds. The lowest BCUT2D eigenvalue weighted by Crippen LogP contribution is -2.46. The molecule has 0 aromatic heterocycles. The van der Waals surface area contributed by atoms with Crippen LogP contribution in [0.5, 0.6) is 0 Å². The molecule has 0 radical (unpaired) electrons. The minimum absolute atomic E-state index is 0.0322. The van der Waals surface area contributed by atoms with Crippen LogP contribution in [-0.2, 0) is 9.53 Å². The van der Waals surface area contributed by atoms with Gasteiger partial charge in [0, 0.05) is 13.1 Å². The first kappa shape index (κ1) is 12.8. The predicted molar refractivity (Wildman–Crippen MR) is 58.1 cm³/mol. The van der Waals surface area contributed by atoms with Crippen LogP contribution in [0.15, 0.2) is 0 Å². The summed E-state index contributed by atoms with van der Waals surface area (Å²) in [6.07, 6.45) is 0.758. The molecule has 16 heavy (non-hydrogen) atoms. The van der Waals surface area contributed by atoms with Gasteiger partial charge in [-0.3, -0.25) is 4.79 Å². The molecular weight excluding hydrogens is 210 g/mol. The monoisotopic (exact) mass is 229 g/mol. The molecule has 0 aromatic carbocycles. The van der Waals surface area contributed by atoms with Crippen molar-refractivity contribution in [2.24, 2.45) is 11.3 Å². The van der Waals surface area contributed by atoms with Crippen molar-refractivity contribution in [2.75, 3.05) is 20.2 Å². The Balaban J connectivity index is 2.73. The smallest absolute Gasteiger partial charge is 0.407 e. The lowest BCUT2D eigenvalue weighted by molar-refractivity contribution is -0.155. The van der Waals surface area contributed by atoms with Gasteiger partial charge in [0.05, 0.1) is 12.5 Å². The van der Waals surface area contributed by atoms with Gasteiger partial charge in [0.15, 0.2) is 0 Å². The second-order valence-corrected chi connectivity index (χ2v) is 4.78. The Morgan fingerprint density at radius 3 is 2.56 bits per heavy atom. The Labute approximate surface area is 95.4 Å².